The molecule has 23 heavy (non-hydrogen) atoms. The van der Waals surface area contributed by atoms with Crippen molar-refractivity contribution in [3.8, 4) is 0 Å². The minimum Gasteiger partial charge on any atom is -0.353 e. The summed E-state index contributed by atoms with van der Waals surface area (Å²) in [5, 5.41) is 6.56. The number of halogens is 2. The topological polar surface area (TPSA) is 55.1 Å². The Morgan fingerprint density at radius 1 is 1.52 bits per heavy atom. The fourth-order valence-corrected chi connectivity index (χ4v) is 3.00. The molecule has 1 saturated heterocycles. The summed E-state index contributed by atoms with van der Waals surface area (Å²) < 4.78 is 27.8. The highest BCUT2D eigenvalue weighted by atomic mass is 19.3. The zero-order valence-electron chi connectivity index (χ0n) is 12.8. The summed E-state index contributed by atoms with van der Waals surface area (Å²) in [7, 11) is 1.96. The molecule has 0 spiro atoms. The zero-order chi connectivity index (χ0) is 16.4. The summed E-state index contributed by atoms with van der Waals surface area (Å²) in [6.07, 6.45) is 4.13. The smallest absolute Gasteiger partial charge is 0.322 e. The second-order valence-corrected chi connectivity index (χ2v) is 5.67. The summed E-state index contributed by atoms with van der Waals surface area (Å²) in [5.41, 5.74) is 1.51. The Morgan fingerprint density at radius 2 is 2.35 bits per heavy atom. The molecular formula is C15H19F2N5O. The predicted octanol–water partition coefficient (Wildman–Crippen LogP) is 2.86. The van der Waals surface area contributed by atoms with Crippen molar-refractivity contribution < 1.29 is 13.6 Å². The number of alkyl halides is 2. The van der Waals surface area contributed by atoms with E-state index < -0.39 is 13.0 Å². The Kier molecular flexibility index (Phi) is 4.31. The van der Waals surface area contributed by atoms with E-state index in [0.717, 1.165) is 23.2 Å². The number of carbonyl (C=O) groups excluding carboxylic acids is 1. The molecule has 1 aliphatic rings. The lowest BCUT2D eigenvalue weighted by molar-refractivity contribution is 0.122. The highest BCUT2D eigenvalue weighted by Crippen LogP contribution is 2.32. The molecule has 2 aromatic heterocycles. The van der Waals surface area contributed by atoms with Crippen LogP contribution in [0.1, 0.15) is 24.6 Å². The molecule has 0 saturated carbocycles. The van der Waals surface area contributed by atoms with Gasteiger partial charge in [0.2, 0.25) is 0 Å². The van der Waals surface area contributed by atoms with E-state index in [2.05, 4.69) is 10.4 Å². The molecule has 2 aromatic rings. The molecule has 124 valence electrons. The number of rotatable bonds is 4. The fraction of sp³-hybridized carbons (Fsp3) is 0.467. The molecule has 0 aromatic carbocycles. The van der Waals surface area contributed by atoms with Gasteiger partial charge in [0.15, 0.2) is 0 Å². The van der Waals surface area contributed by atoms with Gasteiger partial charge in [-0.2, -0.15) is 5.10 Å². The molecule has 1 unspecified atom stereocenters. The molecule has 0 aliphatic carbocycles. The van der Waals surface area contributed by atoms with E-state index in [1.165, 1.54) is 12.4 Å². The first-order valence-corrected chi connectivity index (χ1v) is 7.54. The number of anilines is 1. The molecule has 1 fully saturated rings. The van der Waals surface area contributed by atoms with Gasteiger partial charge in [0.1, 0.15) is 6.54 Å². The van der Waals surface area contributed by atoms with Crippen molar-refractivity contribution in [2.24, 2.45) is 7.05 Å². The van der Waals surface area contributed by atoms with Gasteiger partial charge in [0.25, 0.3) is 6.43 Å². The third-order valence-electron chi connectivity index (χ3n) is 4.05. The maximum Gasteiger partial charge on any atom is 0.322 e. The lowest BCUT2D eigenvalue weighted by atomic mass is 10.1. The van der Waals surface area contributed by atoms with Gasteiger partial charge in [-0.1, -0.05) is 0 Å². The van der Waals surface area contributed by atoms with Crippen LogP contribution >= 0.6 is 0 Å². The largest absolute Gasteiger partial charge is 0.353 e. The molecule has 3 rings (SSSR count). The summed E-state index contributed by atoms with van der Waals surface area (Å²) in [6.45, 7) is 0.193. The van der Waals surface area contributed by atoms with Gasteiger partial charge in [-0.25, -0.2) is 13.6 Å². The Balaban J connectivity index is 1.67. The molecule has 3 heterocycles. The Labute approximate surface area is 132 Å². The van der Waals surface area contributed by atoms with E-state index in [9.17, 15) is 13.6 Å². The molecule has 8 heteroatoms. The van der Waals surface area contributed by atoms with Gasteiger partial charge in [0.05, 0.1) is 17.9 Å². The highest BCUT2D eigenvalue weighted by molar-refractivity contribution is 5.89. The summed E-state index contributed by atoms with van der Waals surface area (Å²) in [5.74, 6) is 0. The quantitative estimate of drug-likeness (QED) is 0.940. The number of hydrogen-bond acceptors (Lipinski definition) is 2. The monoisotopic (exact) mass is 323 g/mol. The number of aryl methyl sites for hydroxylation is 1. The van der Waals surface area contributed by atoms with Crippen LogP contribution in [0.3, 0.4) is 0 Å². The minimum atomic E-state index is -2.47. The van der Waals surface area contributed by atoms with E-state index in [1.807, 2.05) is 29.9 Å². The molecule has 0 bridgehead atoms. The third kappa shape index (κ3) is 3.35. The van der Waals surface area contributed by atoms with Crippen LogP contribution in [-0.4, -0.2) is 38.2 Å². The number of aromatic nitrogens is 3. The van der Waals surface area contributed by atoms with E-state index in [1.54, 1.807) is 4.90 Å². The first-order valence-electron chi connectivity index (χ1n) is 7.54. The van der Waals surface area contributed by atoms with Crippen LogP contribution in [0.4, 0.5) is 19.3 Å². The second-order valence-electron chi connectivity index (χ2n) is 5.67. The van der Waals surface area contributed by atoms with Gasteiger partial charge in [-0.3, -0.25) is 4.68 Å². The Morgan fingerprint density at radius 3 is 3.04 bits per heavy atom. The second kappa shape index (κ2) is 6.39. The summed E-state index contributed by atoms with van der Waals surface area (Å²) in [4.78, 5) is 14.3. The van der Waals surface area contributed by atoms with Crippen LogP contribution in [-0.2, 0) is 13.6 Å². The molecule has 1 aliphatic heterocycles. The standard InChI is InChI=1S/C15H19F2N5O/c1-20-6-2-4-12(20)13-5-3-7-22(13)15(23)19-11-8-18-21(9-11)10-14(16)17/h2,4,6,8-9,13-14H,3,5,7,10H2,1H3,(H,19,23). The van der Waals surface area contributed by atoms with E-state index in [4.69, 9.17) is 0 Å². The normalized spacial score (nSPS) is 17.9. The fourth-order valence-electron chi connectivity index (χ4n) is 3.00. The zero-order valence-corrected chi connectivity index (χ0v) is 12.8. The van der Waals surface area contributed by atoms with Gasteiger partial charge in [-0.05, 0) is 25.0 Å². The lowest BCUT2D eigenvalue weighted by Crippen LogP contribution is -2.35. The lowest BCUT2D eigenvalue weighted by Gasteiger charge is -2.25. The average molecular weight is 323 g/mol. The van der Waals surface area contributed by atoms with Gasteiger partial charge >= 0.3 is 6.03 Å². The molecule has 2 amide bonds. The number of nitrogens with zero attached hydrogens (tertiary/aromatic N) is 4. The average Bonchev–Trinajstić information content (AvgIpc) is 3.18. The van der Waals surface area contributed by atoms with Crippen molar-refractivity contribution >= 4 is 11.7 Å². The first kappa shape index (κ1) is 15.5. The van der Waals surface area contributed by atoms with E-state index in [0.29, 0.717) is 12.2 Å². The van der Waals surface area contributed by atoms with Crippen molar-refractivity contribution in [3.63, 3.8) is 0 Å². The van der Waals surface area contributed by atoms with Crippen molar-refractivity contribution in [2.75, 3.05) is 11.9 Å². The van der Waals surface area contributed by atoms with Gasteiger partial charge < -0.3 is 14.8 Å². The maximum absolute atomic E-state index is 12.5. The summed E-state index contributed by atoms with van der Waals surface area (Å²) >= 11 is 0. The van der Waals surface area contributed by atoms with E-state index in [-0.39, 0.29) is 12.1 Å². The molecule has 1 N–H and O–H groups in total. The van der Waals surface area contributed by atoms with Crippen molar-refractivity contribution in [2.45, 2.75) is 31.9 Å². The molecule has 6 nitrogen and oxygen atoms in total. The minimum absolute atomic E-state index is 0.0334. The maximum atomic E-state index is 12.5. The van der Waals surface area contributed by atoms with Crippen LogP contribution in [0.2, 0.25) is 0 Å². The van der Waals surface area contributed by atoms with Crippen molar-refractivity contribution in [1.82, 2.24) is 19.2 Å². The third-order valence-corrected chi connectivity index (χ3v) is 4.05. The van der Waals surface area contributed by atoms with Crippen LogP contribution in [0, 0.1) is 0 Å². The van der Waals surface area contributed by atoms with E-state index >= 15 is 0 Å². The predicted molar refractivity (Wildman–Crippen MR) is 81.3 cm³/mol. The van der Waals surface area contributed by atoms with Crippen molar-refractivity contribution in [1.29, 1.82) is 0 Å². The molecular weight excluding hydrogens is 304 g/mol. The molecule has 1 atom stereocenters. The SMILES string of the molecule is Cn1cccc1C1CCCN1C(=O)Nc1cnn(CC(F)F)c1. The van der Waals surface area contributed by atoms with Gasteiger partial charge in [0, 0.05) is 31.7 Å². The molecule has 0 radical (unpaired) electrons. The van der Waals surface area contributed by atoms with Crippen molar-refractivity contribution in [3.05, 3.63) is 36.4 Å². The number of hydrogen-bond donors (Lipinski definition) is 1. The summed E-state index contributed by atoms with van der Waals surface area (Å²) in [6, 6.07) is 3.77. The van der Waals surface area contributed by atoms with Crippen LogP contribution in [0.15, 0.2) is 30.7 Å². The number of amides is 2. The number of carbonyl (C=O) groups is 1. The van der Waals surface area contributed by atoms with Crippen LogP contribution in [0.5, 0.6) is 0 Å². The van der Waals surface area contributed by atoms with Crippen LogP contribution < -0.4 is 5.32 Å². The Hall–Kier alpha value is -2.38. The first-order chi connectivity index (χ1) is 11.0. The highest BCUT2D eigenvalue weighted by Gasteiger charge is 2.31. The number of urea groups is 1. The van der Waals surface area contributed by atoms with Crippen LogP contribution in [0.25, 0.3) is 0 Å². The number of likely N-dealkylation sites (tertiary alicyclic amines) is 1. The number of nitrogens with one attached hydrogen (secondary N) is 1. The van der Waals surface area contributed by atoms with Gasteiger partial charge in [-0.15, -0.1) is 0 Å². The Bertz CT molecular complexity index is 681.